The van der Waals surface area contributed by atoms with Crippen molar-refractivity contribution in [1.82, 2.24) is 0 Å². The molecular weight excluding hydrogens is 296 g/mol. The normalized spacial score (nSPS) is 23.5. The molecule has 0 bridgehead atoms. The smallest absolute Gasteiger partial charge is 0.127 e. The van der Waals surface area contributed by atoms with Crippen molar-refractivity contribution in [3.05, 3.63) is 72.0 Å². The van der Waals surface area contributed by atoms with Gasteiger partial charge in [0.1, 0.15) is 24.7 Å². The van der Waals surface area contributed by atoms with Crippen molar-refractivity contribution >= 4 is 5.57 Å². The van der Waals surface area contributed by atoms with E-state index < -0.39 is 0 Å². The van der Waals surface area contributed by atoms with Gasteiger partial charge in [0.2, 0.25) is 0 Å². The first-order valence-corrected chi connectivity index (χ1v) is 8.84. The van der Waals surface area contributed by atoms with Gasteiger partial charge in [0.05, 0.1) is 0 Å². The third kappa shape index (κ3) is 4.19. The molecule has 0 fully saturated rings. The first kappa shape index (κ1) is 18.1. The van der Waals surface area contributed by atoms with E-state index in [1.54, 1.807) is 0 Å². The Morgan fingerprint density at radius 2 is 1.62 bits per heavy atom. The predicted molar refractivity (Wildman–Crippen MR) is 102 cm³/mol. The molecule has 0 radical (unpaired) electrons. The lowest BCUT2D eigenvalue weighted by molar-refractivity contribution is 0.261. The third-order valence-corrected chi connectivity index (χ3v) is 4.29. The molecule has 0 saturated heterocycles. The van der Waals surface area contributed by atoms with Gasteiger partial charge in [-0.15, -0.1) is 0 Å². The summed E-state index contributed by atoms with van der Waals surface area (Å²) in [6.07, 6.45) is 13.8. The number of ether oxygens (including phenoxy) is 2. The van der Waals surface area contributed by atoms with E-state index in [4.69, 9.17) is 9.47 Å². The summed E-state index contributed by atoms with van der Waals surface area (Å²) in [5, 5.41) is 0. The molecule has 2 aliphatic rings. The van der Waals surface area contributed by atoms with Crippen LogP contribution in [-0.2, 0) is 4.74 Å². The highest BCUT2D eigenvalue weighted by Gasteiger charge is 2.20. The zero-order valence-electron chi connectivity index (χ0n) is 15.2. The predicted octanol–water partition coefficient (Wildman–Crippen LogP) is 5.93. The maximum Gasteiger partial charge on any atom is 0.127 e. The van der Waals surface area contributed by atoms with Crippen molar-refractivity contribution in [2.24, 2.45) is 5.41 Å². The SMILES string of the molecule is CC.CCC1(C)C=CC2=C(C=C1)c1ccccc1OC/C=C\CO2. The molecule has 0 N–H and O–H groups in total. The molecule has 2 heteroatoms. The molecule has 24 heavy (non-hydrogen) atoms. The largest absolute Gasteiger partial charge is 0.489 e. The topological polar surface area (TPSA) is 18.5 Å². The van der Waals surface area contributed by atoms with Crippen LogP contribution < -0.4 is 4.74 Å². The lowest BCUT2D eigenvalue weighted by atomic mass is 9.87. The summed E-state index contributed by atoms with van der Waals surface area (Å²) in [6.45, 7) is 9.57. The van der Waals surface area contributed by atoms with Crippen LogP contribution in [0.5, 0.6) is 5.75 Å². The number of rotatable bonds is 1. The van der Waals surface area contributed by atoms with Crippen molar-refractivity contribution in [2.45, 2.75) is 34.1 Å². The quantitative estimate of drug-likeness (QED) is 0.596. The molecule has 1 atom stereocenters. The van der Waals surface area contributed by atoms with Gasteiger partial charge in [0, 0.05) is 16.6 Å². The first-order chi connectivity index (χ1) is 11.7. The average molecular weight is 324 g/mol. The summed E-state index contributed by atoms with van der Waals surface area (Å²) in [5.74, 6) is 1.79. The van der Waals surface area contributed by atoms with Crippen LogP contribution in [0.2, 0.25) is 0 Å². The Kier molecular flexibility index (Phi) is 6.48. The van der Waals surface area contributed by atoms with Crippen LogP contribution in [0.15, 0.2) is 66.5 Å². The third-order valence-electron chi connectivity index (χ3n) is 4.29. The zero-order chi connectivity index (χ0) is 17.4. The van der Waals surface area contributed by atoms with Gasteiger partial charge >= 0.3 is 0 Å². The Bertz CT molecular complexity index is 664. The van der Waals surface area contributed by atoms with Crippen molar-refractivity contribution in [3.63, 3.8) is 0 Å². The maximum atomic E-state index is 6.00. The summed E-state index contributed by atoms with van der Waals surface area (Å²) in [4.78, 5) is 0. The van der Waals surface area contributed by atoms with Crippen LogP contribution in [-0.4, -0.2) is 13.2 Å². The average Bonchev–Trinajstić information content (AvgIpc) is 2.80. The number of hydrogen-bond donors (Lipinski definition) is 0. The van der Waals surface area contributed by atoms with Crippen LogP contribution in [0, 0.1) is 5.41 Å². The van der Waals surface area contributed by atoms with Crippen LogP contribution in [0.3, 0.4) is 0 Å². The summed E-state index contributed by atoms with van der Waals surface area (Å²) in [7, 11) is 0. The van der Waals surface area contributed by atoms with Crippen molar-refractivity contribution in [1.29, 1.82) is 0 Å². The number of hydrogen-bond acceptors (Lipinski definition) is 2. The molecule has 0 aromatic heterocycles. The number of benzene rings is 1. The summed E-state index contributed by atoms with van der Waals surface area (Å²) >= 11 is 0. The van der Waals surface area contributed by atoms with E-state index in [-0.39, 0.29) is 5.41 Å². The second-order valence-corrected chi connectivity index (χ2v) is 5.89. The van der Waals surface area contributed by atoms with Gasteiger partial charge in [-0.25, -0.2) is 0 Å². The number of para-hydroxylation sites is 1. The standard InChI is InChI=1S/C20H22O2.C2H6/c1-3-20(2)12-10-17-16-8-4-5-9-18(16)21-14-6-7-15-22-19(17)11-13-20;1-2/h4-13H,3,14-15H2,1-2H3;1-2H3/b7-6-;. The molecule has 1 aromatic carbocycles. The molecule has 0 spiro atoms. The van der Waals surface area contributed by atoms with E-state index in [0.29, 0.717) is 13.2 Å². The number of fused-ring (bicyclic) bond motifs is 2. The van der Waals surface area contributed by atoms with Gasteiger partial charge < -0.3 is 9.47 Å². The molecule has 1 aliphatic carbocycles. The summed E-state index contributed by atoms with van der Waals surface area (Å²) < 4.78 is 11.9. The molecule has 3 rings (SSSR count). The van der Waals surface area contributed by atoms with E-state index in [1.165, 1.54) is 0 Å². The van der Waals surface area contributed by atoms with Crippen molar-refractivity contribution in [2.75, 3.05) is 13.2 Å². The minimum atomic E-state index is 0.0577. The Morgan fingerprint density at radius 3 is 2.38 bits per heavy atom. The van der Waals surface area contributed by atoms with E-state index in [9.17, 15) is 0 Å². The van der Waals surface area contributed by atoms with Gasteiger partial charge in [0.25, 0.3) is 0 Å². The molecule has 1 aromatic rings. The lowest BCUT2D eigenvalue weighted by Crippen LogP contribution is -2.06. The van der Waals surface area contributed by atoms with Crippen LogP contribution in [0.25, 0.3) is 5.57 Å². The molecular formula is C22H28O2. The second kappa shape index (κ2) is 8.58. The maximum absolute atomic E-state index is 6.00. The molecule has 128 valence electrons. The van der Waals surface area contributed by atoms with Crippen LogP contribution >= 0.6 is 0 Å². The second-order valence-electron chi connectivity index (χ2n) is 5.89. The zero-order valence-corrected chi connectivity index (χ0v) is 15.2. The molecule has 1 unspecified atom stereocenters. The molecule has 1 aliphatic heterocycles. The van der Waals surface area contributed by atoms with Crippen LogP contribution in [0.1, 0.15) is 39.7 Å². The number of allylic oxidation sites excluding steroid dienone is 5. The minimum Gasteiger partial charge on any atom is -0.489 e. The van der Waals surface area contributed by atoms with E-state index in [0.717, 1.165) is 29.1 Å². The Morgan fingerprint density at radius 1 is 0.958 bits per heavy atom. The summed E-state index contributed by atoms with van der Waals surface area (Å²) in [5.41, 5.74) is 2.22. The van der Waals surface area contributed by atoms with Crippen LogP contribution in [0.4, 0.5) is 0 Å². The van der Waals surface area contributed by atoms with Crippen molar-refractivity contribution < 1.29 is 9.47 Å². The molecule has 0 amide bonds. The van der Waals surface area contributed by atoms with Gasteiger partial charge in [0.15, 0.2) is 0 Å². The molecule has 2 nitrogen and oxygen atoms in total. The molecule has 0 saturated carbocycles. The van der Waals surface area contributed by atoms with E-state index in [1.807, 2.05) is 44.2 Å². The Hall–Kier alpha value is -2.22. The summed E-state index contributed by atoms with van der Waals surface area (Å²) in [6, 6.07) is 8.14. The van der Waals surface area contributed by atoms with Crippen molar-refractivity contribution in [3.8, 4) is 5.75 Å². The lowest BCUT2D eigenvalue weighted by Gasteiger charge is -2.18. The highest BCUT2D eigenvalue weighted by molar-refractivity contribution is 5.81. The first-order valence-electron chi connectivity index (χ1n) is 8.84. The van der Waals surface area contributed by atoms with Gasteiger partial charge in [-0.1, -0.05) is 64.1 Å². The fraction of sp³-hybridized carbons (Fsp3) is 0.364. The Labute approximate surface area is 146 Å². The van der Waals surface area contributed by atoms with E-state index in [2.05, 4.69) is 44.2 Å². The van der Waals surface area contributed by atoms with Gasteiger partial charge in [-0.05, 0) is 30.7 Å². The monoisotopic (exact) mass is 324 g/mol. The fourth-order valence-corrected chi connectivity index (χ4v) is 2.58. The Balaban J connectivity index is 0.00000100. The highest BCUT2D eigenvalue weighted by Crippen LogP contribution is 2.36. The highest BCUT2D eigenvalue weighted by atomic mass is 16.5. The van der Waals surface area contributed by atoms with Gasteiger partial charge in [-0.2, -0.15) is 0 Å². The van der Waals surface area contributed by atoms with Gasteiger partial charge in [-0.3, -0.25) is 0 Å². The van der Waals surface area contributed by atoms with E-state index >= 15 is 0 Å². The molecule has 1 heterocycles. The minimum absolute atomic E-state index is 0.0577. The fourth-order valence-electron chi connectivity index (χ4n) is 2.58.